The number of unbranched alkanes of at least 4 members (excludes halogenated alkanes) is 44. The van der Waals surface area contributed by atoms with Crippen LogP contribution in [0, 0.1) is 0 Å². The number of rotatable bonds is 55. The molecule has 0 heterocycles. The minimum absolute atomic E-state index is 0.0610. The fourth-order valence-corrected chi connectivity index (χ4v) is 9.15. The number of esters is 3. The van der Waals surface area contributed by atoms with Gasteiger partial charge >= 0.3 is 17.9 Å². The van der Waals surface area contributed by atoms with Crippen LogP contribution in [-0.2, 0) is 28.6 Å². The van der Waals surface area contributed by atoms with Crippen LogP contribution in [0.25, 0.3) is 0 Å². The first kappa shape index (κ1) is 63.4. The molecule has 386 valence electrons. The van der Waals surface area contributed by atoms with Crippen molar-refractivity contribution < 1.29 is 28.6 Å². The van der Waals surface area contributed by atoms with Crippen molar-refractivity contribution in [3.63, 3.8) is 0 Å². The molecule has 0 radical (unpaired) electrons. The summed E-state index contributed by atoms with van der Waals surface area (Å²) in [7, 11) is 0. The zero-order valence-electron chi connectivity index (χ0n) is 44.3. The molecule has 65 heavy (non-hydrogen) atoms. The Kier molecular flexibility index (Phi) is 53.7. The normalized spacial score (nSPS) is 11.9. The Morgan fingerprint density at radius 2 is 0.415 bits per heavy atom. The lowest BCUT2D eigenvalue weighted by molar-refractivity contribution is -0.167. The fourth-order valence-electron chi connectivity index (χ4n) is 9.15. The Morgan fingerprint density at radius 3 is 0.615 bits per heavy atom. The average Bonchev–Trinajstić information content (AvgIpc) is 3.30. The molecule has 0 fully saturated rings. The first-order chi connectivity index (χ1) is 32.0. The molecule has 0 aliphatic heterocycles. The standard InChI is InChI=1S/C59H114O6/c1-4-7-10-13-16-19-22-24-26-28-29-31-32-34-37-40-43-46-49-52-58(61)64-55-56(54-63-57(60)51-48-45-42-39-36-21-18-15-12-9-6-3)65-59(62)53-50-47-44-41-38-35-33-30-27-25-23-20-17-14-11-8-5-2/h56H,4-55H2,1-3H3/t56-/m0/s1. The predicted octanol–water partition coefficient (Wildman–Crippen LogP) is 19.5. The van der Waals surface area contributed by atoms with E-state index in [-0.39, 0.29) is 31.1 Å². The number of carbonyl (C=O) groups excluding carboxylic acids is 3. The van der Waals surface area contributed by atoms with Crippen molar-refractivity contribution in [1.29, 1.82) is 0 Å². The van der Waals surface area contributed by atoms with Gasteiger partial charge in [-0.25, -0.2) is 0 Å². The fraction of sp³-hybridized carbons (Fsp3) is 0.949. The maximum absolute atomic E-state index is 12.8. The topological polar surface area (TPSA) is 78.9 Å². The van der Waals surface area contributed by atoms with E-state index in [0.29, 0.717) is 19.3 Å². The van der Waals surface area contributed by atoms with E-state index in [0.717, 1.165) is 57.8 Å². The van der Waals surface area contributed by atoms with Crippen LogP contribution in [0.5, 0.6) is 0 Å². The second-order valence-corrected chi connectivity index (χ2v) is 20.3. The molecule has 6 nitrogen and oxygen atoms in total. The molecule has 0 aromatic carbocycles. The van der Waals surface area contributed by atoms with Crippen molar-refractivity contribution in [2.24, 2.45) is 0 Å². The van der Waals surface area contributed by atoms with Crippen molar-refractivity contribution in [2.75, 3.05) is 13.2 Å². The highest BCUT2D eigenvalue weighted by Crippen LogP contribution is 2.18. The summed E-state index contributed by atoms with van der Waals surface area (Å²) in [6.45, 7) is 6.70. The van der Waals surface area contributed by atoms with Crippen LogP contribution < -0.4 is 0 Å². The van der Waals surface area contributed by atoms with Crippen molar-refractivity contribution in [2.45, 2.75) is 348 Å². The molecule has 0 aliphatic rings. The van der Waals surface area contributed by atoms with Crippen LogP contribution in [0.1, 0.15) is 342 Å². The molecular formula is C59H114O6. The highest BCUT2D eigenvalue weighted by molar-refractivity contribution is 5.71. The van der Waals surface area contributed by atoms with Crippen molar-refractivity contribution >= 4 is 17.9 Å². The van der Waals surface area contributed by atoms with E-state index in [1.54, 1.807) is 0 Å². The Balaban J connectivity index is 4.24. The lowest BCUT2D eigenvalue weighted by Gasteiger charge is -2.18. The van der Waals surface area contributed by atoms with Gasteiger partial charge in [-0.2, -0.15) is 0 Å². The predicted molar refractivity (Wildman–Crippen MR) is 280 cm³/mol. The summed E-state index contributed by atoms with van der Waals surface area (Å²) in [6.07, 6.45) is 61.0. The monoisotopic (exact) mass is 919 g/mol. The Bertz CT molecular complexity index is 967. The van der Waals surface area contributed by atoms with Gasteiger partial charge in [-0.3, -0.25) is 14.4 Å². The lowest BCUT2D eigenvalue weighted by Crippen LogP contribution is -2.30. The third kappa shape index (κ3) is 53.2. The quantitative estimate of drug-likeness (QED) is 0.0344. The van der Waals surface area contributed by atoms with Crippen LogP contribution in [0.15, 0.2) is 0 Å². The molecule has 0 unspecified atom stereocenters. The van der Waals surface area contributed by atoms with Gasteiger partial charge < -0.3 is 14.2 Å². The zero-order valence-corrected chi connectivity index (χ0v) is 44.3. The molecule has 0 rings (SSSR count). The molecule has 0 aliphatic carbocycles. The van der Waals surface area contributed by atoms with Gasteiger partial charge in [0.05, 0.1) is 0 Å². The highest BCUT2D eigenvalue weighted by Gasteiger charge is 2.19. The Hall–Kier alpha value is -1.59. The van der Waals surface area contributed by atoms with Crippen molar-refractivity contribution in [3.8, 4) is 0 Å². The van der Waals surface area contributed by atoms with E-state index < -0.39 is 6.10 Å². The molecule has 0 aromatic rings. The van der Waals surface area contributed by atoms with Crippen LogP contribution in [0.2, 0.25) is 0 Å². The van der Waals surface area contributed by atoms with E-state index in [2.05, 4.69) is 20.8 Å². The van der Waals surface area contributed by atoms with Crippen LogP contribution in [-0.4, -0.2) is 37.2 Å². The third-order valence-electron chi connectivity index (χ3n) is 13.6. The van der Waals surface area contributed by atoms with E-state index >= 15 is 0 Å². The summed E-state index contributed by atoms with van der Waals surface area (Å²) >= 11 is 0. The second-order valence-electron chi connectivity index (χ2n) is 20.3. The third-order valence-corrected chi connectivity index (χ3v) is 13.6. The summed E-state index contributed by atoms with van der Waals surface area (Å²) < 4.78 is 16.9. The largest absolute Gasteiger partial charge is 0.462 e. The molecule has 6 heteroatoms. The van der Waals surface area contributed by atoms with E-state index in [9.17, 15) is 14.4 Å². The molecule has 0 amide bonds. The maximum Gasteiger partial charge on any atom is 0.306 e. The molecule has 1 atom stereocenters. The second kappa shape index (κ2) is 55.0. The lowest BCUT2D eigenvalue weighted by atomic mass is 10.0. The molecule has 0 bridgehead atoms. The average molecular weight is 920 g/mol. The Morgan fingerprint density at radius 1 is 0.246 bits per heavy atom. The molecule has 0 spiro atoms. The van der Waals surface area contributed by atoms with E-state index in [1.165, 1.54) is 244 Å². The molecule has 0 aromatic heterocycles. The number of ether oxygens (including phenoxy) is 3. The van der Waals surface area contributed by atoms with Crippen LogP contribution >= 0.6 is 0 Å². The first-order valence-electron chi connectivity index (χ1n) is 29.5. The van der Waals surface area contributed by atoms with Gasteiger partial charge in [0.1, 0.15) is 13.2 Å². The zero-order chi connectivity index (χ0) is 47.2. The highest BCUT2D eigenvalue weighted by atomic mass is 16.6. The SMILES string of the molecule is CCCCCCCCCCCCCCCCCCCCCC(=O)OC[C@H](COC(=O)CCCCCCCCCCCCC)OC(=O)CCCCCCCCCCCCCCCCCCC. The minimum Gasteiger partial charge on any atom is -0.462 e. The van der Waals surface area contributed by atoms with Gasteiger partial charge in [0.25, 0.3) is 0 Å². The summed E-state index contributed by atoms with van der Waals surface area (Å²) in [5.74, 6) is -0.832. The summed E-state index contributed by atoms with van der Waals surface area (Å²) in [5.41, 5.74) is 0. The van der Waals surface area contributed by atoms with Gasteiger partial charge in [-0.15, -0.1) is 0 Å². The van der Waals surface area contributed by atoms with Gasteiger partial charge in [0.2, 0.25) is 0 Å². The summed E-state index contributed by atoms with van der Waals surface area (Å²) in [6, 6.07) is 0. The number of carbonyl (C=O) groups is 3. The van der Waals surface area contributed by atoms with E-state index in [1.807, 2.05) is 0 Å². The van der Waals surface area contributed by atoms with Gasteiger partial charge in [-0.1, -0.05) is 303 Å². The van der Waals surface area contributed by atoms with Gasteiger partial charge in [-0.05, 0) is 19.3 Å². The van der Waals surface area contributed by atoms with Gasteiger partial charge in [0, 0.05) is 19.3 Å². The first-order valence-corrected chi connectivity index (χ1v) is 29.5. The van der Waals surface area contributed by atoms with Crippen molar-refractivity contribution in [1.82, 2.24) is 0 Å². The maximum atomic E-state index is 12.8. The molecule has 0 N–H and O–H groups in total. The van der Waals surface area contributed by atoms with Crippen molar-refractivity contribution in [3.05, 3.63) is 0 Å². The number of hydrogen-bond donors (Lipinski definition) is 0. The smallest absolute Gasteiger partial charge is 0.306 e. The van der Waals surface area contributed by atoms with Crippen LogP contribution in [0.3, 0.4) is 0 Å². The molecular weight excluding hydrogens is 805 g/mol. The van der Waals surface area contributed by atoms with E-state index in [4.69, 9.17) is 14.2 Å². The van der Waals surface area contributed by atoms with Gasteiger partial charge in [0.15, 0.2) is 6.10 Å². The number of hydrogen-bond acceptors (Lipinski definition) is 6. The molecule has 0 saturated heterocycles. The van der Waals surface area contributed by atoms with Crippen LogP contribution in [0.4, 0.5) is 0 Å². The minimum atomic E-state index is -0.761. The Labute approximate surface area is 406 Å². The summed E-state index contributed by atoms with van der Waals surface area (Å²) in [5, 5.41) is 0. The summed E-state index contributed by atoms with van der Waals surface area (Å²) in [4.78, 5) is 38.1. The molecule has 0 saturated carbocycles.